The summed E-state index contributed by atoms with van der Waals surface area (Å²) in [6.07, 6.45) is -2.11. The minimum atomic E-state index is -4.92. The van der Waals surface area contributed by atoms with Gasteiger partial charge in [0, 0.05) is 28.6 Å². The molecule has 2 N–H and O–H groups in total. The van der Waals surface area contributed by atoms with Gasteiger partial charge in [0.2, 0.25) is 0 Å². The van der Waals surface area contributed by atoms with Crippen molar-refractivity contribution in [2.45, 2.75) is 12.6 Å². The predicted octanol–water partition coefficient (Wildman–Crippen LogP) is 3.93. The number of H-pyrrole nitrogens is 1. The Hall–Kier alpha value is -3.51. The van der Waals surface area contributed by atoms with Gasteiger partial charge in [-0.25, -0.2) is 14.8 Å². The van der Waals surface area contributed by atoms with Crippen LogP contribution in [0.2, 0.25) is 5.02 Å². The van der Waals surface area contributed by atoms with Crippen LogP contribution in [0.5, 0.6) is 0 Å². The summed E-state index contributed by atoms with van der Waals surface area (Å²) in [4.78, 5) is 28.6. The number of nitrogens with one attached hydrogen (secondary N) is 2. The van der Waals surface area contributed by atoms with Crippen LogP contribution < -0.4 is 10.9 Å². The van der Waals surface area contributed by atoms with Crippen molar-refractivity contribution in [1.29, 1.82) is 0 Å². The summed E-state index contributed by atoms with van der Waals surface area (Å²) in [5.74, 6) is -1.33. The smallest absolute Gasteiger partial charge is 0.298 e. The molecule has 0 saturated heterocycles. The van der Waals surface area contributed by atoms with Crippen LogP contribution in [0.3, 0.4) is 0 Å². The van der Waals surface area contributed by atoms with Crippen LogP contribution in [0.15, 0.2) is 53.6 Å². The lowest BCUT2D eigenvalue weighted by Gasteiger charge is -2.11. The number of carbonyl (C=O) groups excluding carboxylic acids is 1. The molecule has 13 heteroatoms. The van der Waals surface area contributed by atoms with E-state index < -0.39 is 28.9 Å². The molecule has 0 radical (unpaired) electrons. The molecule has 4 aromatic rings. The second-order valence-electron chi connectivity index (χ2n) is 6.49. The monoisotopic (exact) mass is 480 g/mol. The van der Waals surface area contributed by atoms with Gasteiger partial charge in [-0.3, -0.25) is 14.9 Å². The van der Waals surface area contributed by atoms with Gasteiger partial charge in [-0.05, 0) is 23.8 Å². The quantitative estimate of drug-likeness (QED) is 0.450. The maximum absolute atomic E-state index is 13.7. The number of thiazole rings is 1. The zero-order chi connectivity index (χ0) is 22.9. The van der Waals surface area contributed by atoms with E-state index in [1.807, 2.05) is 11.2 Å². The third kappa shape index (κ3) is 4.70. The summed E-state index contributed by atoms with van der Waals surface area (Å²) in [5, 5.41) is 12.3. The van der Waals surface area contributed by atoms with Crippen LogP contribution in [0.25, 0.3) is 5.82 Å². The van der Waals surface area contributed by atoms with E-state index >= 15 is 0 Å². The molecule has 0 unspecified atom stereocenters. The van der Waals surface area contributed by atoms with Gasteiger partial charge in [-0.1, -0.05) is 23.7 Å². The first kappa shape index (κ1) is 21.7. The standard InChI is InChI=1S/C19H12ClF3N6O2S/c20-11-3-1-2-10(6-11)7-12-8-24-18(32-12)26-17(31)13-9-25-29(16(13)19(21,22)23)14-4-5-15(30)28-27-14/h1-6,8-9H,7H2,(H,28,30)(H,24,26,31). The van der Waals surface area contributed by atoms with E-state index in [2.05, 4.69) is 20.5 Å². The van der Waals surface area contributed by atoms with Crippen molar-refractivity contribution in [3.05, 3.63) is 85.9 Å². The highest BCUT2D eigenvalue weighted by molar-refractivity contribution is 7.15. The van der Waals surface area contributed by atoms with Gasteiger partial charge in [0.25, 0.3) is 11.5 Å². The molecular weight excluding hydrogens is 469 g/mol. The normalized spacial score (nSPS) is 11.5. The molecule has 8 nitrogen and oxygen atoms in total. The maximum atomic E-state index is 13.7. The molecule has 1 amide bonds. The Morgan fingerprint density at radius 1 is 1.22 bits per heavy atom. The van der Waals surface area contributed by atoms with Crippen LogP contribution in [-0.4, -0.2) is 30.9 Å². The van der Waals surface area contributed by atoms with Gasteiger partial charge < -0.3 is 0 Å². The fourth-order valence-electron chi connectivity index (χ4n) is 2.88. The average molecular weight is 481 g/mol. The van der Waals surface area contributed by atoms with Gasteiger partial charge in [0.15, 0.2) is 16.6 Å². The Balaban J connectivity index is 1.58. The number of amides is 1. The topological polar surface area (TPSA) is 106 Å². The second-order valence-corrected chi connectivity index (χ2v) is 8.04. The van der Waals surface area contributed by atoms with Gasteiger partial charge in [0.05, 0.1) is 11.8 Å². The third-order valence-corrected chi connectivity index (χ3v) is 5.35. The van der Waals surface area contributed by atoms with Gasteiger partial charge >= 0.3 is 6.18 Å². The van der Waals surface area contributed by atoms with E-state index in [-0.39, 0.29) is 10.9 Å². The highest BCUT2D eigenvalue weighted by Gasteiger charge is 2.41. The Labute approximate surface area is 186 Å². The Morgan fingerprint density at radius 3 is 2.72 bits per heavy atom. The summed E-state index contributed by atoms with van der Waals surface area (Å²) >= 11 is 7.10. The number of aromatic nitrogens is 5. The number of carbonyl (C=O) groups is 1. The summed E-state index contributed by atoms with van der Waals surface area (Å²) in [5.41, 5.74) is -1.71. The van der Waals surface area contributed by atoms with E-state index in [0.29, 0.717) is 16.1 Å². The number of aromatic amines is 1. The number of alkyl halides is 3. The molecule has 0 atom stereocenters. The summed E-state index contributed by atoms with van der Waals surface area (Å²) in [6, 6.07) is 9.26. The average Bonchev–Trinajstić information content (AvgIpc) is 3.35. The van der Waals surface area contributed by atoms with Crippen LogP contribution in [-0.2, 0) is 12.6 Å². The first-order valence-electron chi connectivity index (χ1n) is 8.92. The molecule has 1 aromatic carbocycles. The SMILES string of the molecule is O=C(Nc1ncc(Cc2cccc(Cl)c2)s1)c1cnn(-c2ccc(=O)[nH]n2)c1C(F)(F)F. The van der Waals surface area contributed by atoms with Gasteiger partial charge in [0.1, 0.15) is 0 Å². The zero-order valence-electron chi connectivity index (χ0n) is 15.9. The van der Waals surface area contributed by atoms with Gasteiger partial charge in [-0.2, -0.15) is 23.4 Å². The van der Waals surface area contributed by atoms with E-state index in [4.69, 9.17) is 11.6 Å². The zero-order valence-corrected chi connectivity index (χ0v) is 17.4. The first-order chi connectivity index (χ1) is 15.2. The fourth-order valence-corrected chi connectivity index (χ4v) is 3.93. The molecule has 4 rings (SSSR count). The van der Waals surface area contributed by atoms with Crippen molar-refractivity contribution >= 4 is 34.0 Å². The highest BCUT2D eigenvalue weighted by Crippen LogP contribution is 2.34. The molecule has 0 spiro atoms. The number of halogens is 4. The number of hydrogen-bond donors (Lipinski definition) is 2. The minimum absolute atomic E-state index is 0.134. The lowest BCUT2D eigenvalue weighted by molar-refractivity contribution is -0.143. The number of anilines is 1. The van der Waals surface area contributed by atoms with Crippen LogP contribution in [0, 0.1) is 0 Å². The molecular formula is C19H12ClF3N6O2S. The maximum Gasteiger partial charge on any atom is 0.434 e. The van der Waals surface area contributed by atoms with Crippen molar-refractivity contribution in [2.24, 2.45) is 0 Å². The van der Waals surface area contributed by atoms with Crippen molar-refractivity contribution < 1.29 is 18.0 Å². The molecule has 32 heavy (non-hydrogen) atoms. The molecule has 164 valence electrons. The molecule has 3 heterocycles. The Kier molecular flexibility index (Phi) is 5.80. The lowest BCUT2D eigenvalue weighted by Crippen LogP contribution is -2.21. The van der Waals surface area contributed by atoms with Crippen LogP contribution in [0.1, 0.15) is 26.5 Å². The van der Waals surface area contributed by atoms with Crippen molar-refractivity contribution in [3.63, 3.8) is 0 Å². The Morgan fingerprint density at radius 2 is 2.03 bits per heavy atom. The highest BCUT2D eigenvalue weighted by atomic mass is 35.5. The number of nitrogens with zero attached hydrogens (tertiary/aromatic N) is 4. The molecule has 0 fully saturated rings. The molecule has 0 aliphatic carbocycles. The first-order valence-corrected chi connectivity index (χ1v) is 10.1. The van der Waals surface area contributed by atoms with Crippen LogP contribution >= 0.6 is 22.9 Å². The minimum Gasteiger partial charge on any atom is -0.298 e. The third-order valence-electron chi connectivity index (χ3n) is 4.21. The van der Waals surface area contributed by atoms with E-state index in [0.717, 1.165) is 40.1 Å². The summed E-state index contributed by atoms with van der Waals surface area (Å²) in [6.45, 7) is 0. The van der Waals surface area contributed by atoms with E-state index in [1.165, 1.54) is 6.20 Å². The van der Waals surface area contributed by atoms with Crippen molar-refractivity contribution in [1.82, 2.24) is 25.0 Å². The largest absolute Gasteiger partial charge is 0.434 e. The molecule has 0 saturated carbocycles. The summed E-state index contributed by atoms with van der Waals surface area (Å²) in [7, 11) is 0. The molecule has 0 bridgehead atoms. The van der Waals surface area contributed by atoms with E-state index in [9.17, 15) is 22.8 Å². The van der Waals surface area contributed by atoms with Crippen molar-refractivity contribution in [3.8, 4) is 5.82 Å². The molecule has 3 aromatic heterocycles. The van der Waals surface area contributed by atoms with E-state index in [1.54, 1.807) is 18.2 Å². The second kappa shape index (κ2) is 8.55. The van der Waals surface area contributed by atoms with Gasteiger partial charge in [-0.15, -0.1) is 11.3 Å². The lowest BCUT2D eigenvalue weighted by atomic mass is 10.1. The van der Waals surface area contributed by atoms with Crippen LogP contribution in [0.4, 0.5) is 18.3 Å². The molecule has 0 aliphatic heterocycles. The predicted molar refractivity (Wildman–Crippen MR) is 111 cm³/mol. The summed E-state index contributed by atoms with van der Waals surface area (Å²) < 4.78 is 41.6. The Bertz CT molecular complexity index is 1330. The van der Waals surface area contributed by atoms with Crippen molar-refractivity contribution in [2.75, 3.05) is 5.32 Å². The fraction of sp³-hybridized carbons (Fsp3) is 0.105. The number of rotatable bonds is 5. The number of benzene rings is 1. The number of hydrogen-bond acceptors (Lipinski definition) is 6. The molecule has 0 aliphatic rings.